The van der Waals surface area contributed by atoms with E-state index in [4.69, 9.17) is 5.11 Å². The summed E-state index contributed by atoms with van der Waals surface area (Å²) in [6.45, 7) is 0. The molecule has 4 nitrogen and oxygen atoms in total. The predicted molar refractivity (Wildman–Crippen MR) is 38.5 cm³/mol. The molecule has 0 bridgehead atoms. The average Bonchev–Trinajstić information content (AvgIpc) is 2.39. The van der Waals surface area contributed by atoms with Gasteiger partial charge in [-0.25, -0.2) is 9.17 Å². The molecule has 0 radical (unpaired) electrons. The van der Waals surface area contributed by atoms with Gasteiger partial charge in [-0.3, -0.25) is 4.79 Å². The maximum Gasteiger partial charge on any atom is 0.372 e. The van der Waals surface area contributed by atoms with Gasteiger partial charge in [-0.05, 0) is 17.1 Å². The quantitative estimate of drug-likeness (QED) is 0.666. The molecule has 0 aliphatic rings. The molecule has 0 saturated heterocycles. The smallest absolute Gasteiger partial charge is 0.372 e. The molecule has 58 valence electrons. The zero-order chi connectivity index (χ0) is 8.27. The van der Waals surface area contributed by atoms with Crippen LogP contribution in [0.5, 0.6) is 0 Å². The first-order valence-electron chi connectivity index (χ1n) is 2.84. The van der Waals surface area contributed by atoms with E-state index in [2.05, 4.69) is 4.37 Å². The third kappa shape index (κ3) is 2.12. The topological polar surface area (TPSA) is 67.3 Å². The molecule has 11 heavy (non-hydrogen) atoms. The van der Waals surface area contributed by atoms with Gasteiger partial charge in [-0.1, -0.05) is 0 Å². The van der Waals surface area contributed by atoms with Gasteiger partial charge >= 0.3 is 5.97 Å². The second-order valence-electron chi connectivity index (χ2n) is 1.94. The Bertz CT molecular complexity index is 267. The summed E-state index contributed by atoms with van der Waals surface area (Å²) in [5.74, 6) is -2.19. The van der Waals surface area contributed by atoms with Crippen molar-refractivity contribution in [1.29, 1.82) is 0 Å². The standard InChI is InChI=1S/C6H5NO3S/c8-5(6(9)10)1-4-2-7-11-3-4/h2-3H,1H2,(H,9,10). The van der Waals surface area contributed by atoms with Crippen molar-refractivity contribution in [2.75, 3.05) is 0 Å². The first kappa shape index (κ1) is 7.87. The number of carboxylic acids is 1. The van der Waals surface area contributed by atoms with Crippen LogP contribution in [-0.4, -0.2) is 21.2 Å². The van der Waals surface area contributed by atoms with Crippen LogP contribution in [-0.2, 0) is 16.0 Å². The highest BCUT2D eigenvalue weighted by atomic mass is 32.1. The van der Waals surface area contributed by atoms with Crippen molar-refractivity contribution >= 4 is 23.3 Å². The lowest BCUT2D eigenvalue weighted by Gasteiger charge is -1.88. The molecule has 1 N–H and O–H groups in total. The summed E-state index contributed by atoms with van der Waals surface area (Å²) in [6, 6.07) is 0. The van der Waals surface area contributed by atoms with Gasteiger partial charge in [0.2, 0.25) is 5.78 Å². The van der Waals surface area contributed by atoms with Gasteiger partial charge in [0.25, 0.3) is 0 Å². The SMILES string of the molecule is O=C(O)C(=O)Cc1cnsc1. The minimum Gasteiger partial charge on any atom is -0.475 e. The van der Waals surface area contributed by atoms with Crippen molar-refractivity contribution in [1.82, 2.24) is 4.37 Å². The molecule has 0 saturated carbocycles. The molecule has 1 aromatic heterocycles. The van der Waals surface area contributed by atoms with Crippen LogP contribution in [0.15, 0.2) is 11.6 Å². The highest BCUT2D eigenvalue weighted by molar-refractivity contribution is 7.03. The largest absolute Gasteiger partial charge is 0.475 e. The van der Waals surface area contributed by atoms with Crippen LogP contribution >= 0.6 is 11.5 Å². The van der Waals surface area contributed by atoms with Crippen LogP contribution in [0.4, 0.5) is 0 Å². The fourth-order valence-corrected chi connectivity index (χ4v) is 1.11. The van der Waals surface area contributed by atoms with E-state index in [1.165, 1.54) is 17.7 Å². The van der Waals surface area contributed by atoms with Gasteiger partial charge in [-0.2, -0.15) is 0 Å². The molecule has 1 aromatic rings. The monoisotopic (exact) mass is 171 g/mol. The number of carbonyl (C=O) groups is 2. The van der Waals surface area contributed by atoms with Crippen LogP contribution in [0.1, 0.15) is 5.56 Å². The van der Waals surface area contributed by atoms with Crippen molar-refractivity contribution in [3.8, 4) is 0 Å². The van der Waals surface area contributed by atoms with Gasteiger partial charge in [0, 0.05) is 18.0 Å². The molecule has 1 rings (SSSR count). The number of hydrogen-bond acceptors (Lipinski definition) is 4. The van der Waals surface area contributed by atoms with E-state index in [1.54, 1.807) is 5.38 Å². The number of carboxylic acid groups (broad SMARTS) is 1. The third-order valence-electron chi connectivity index (χ3n) is 1.09. The van der Waals surface area contributed by atoms with Crippen molar-refractivity contribution in [3.63, 3.8) is 0 Å². The third-order valence-corrected chi connectivity index (χ3v) is 1.72. The summed E-state index contributed by atoms with van der Waals surface area (Å²) >= 11 is 1.20. The van der Waals surface area contributed by atoms with Gasteiger partial charge in [0.15, 0.2) is 0 Å². The molecule has 1 heterocycles. The summed E-state index contributed by atoms with van der Waals surface area (Å²) in [6.07, 6.45) is 1.43. The Kier molecular flexibility index (Phi) is 2.32. The lowest BCUT2D eigenvalue weighted by molar-refractivity contribution is -0.148. The summed E-state index contributed by atoms with van der Waals surface area (Å²) in [5.41, 5.74) is 0.655. The number of carbonyl (C=O) groups excluding carboxylic acids is 1. The summed E-state index contributed by atoms with van der Waals surface area (Å²) < 4.78 is 3.73. The maximum absolute atomic E-state index is 10.6. The molecule has 0 fully saturated rings. The van der Waals surface area contributed by atoms with Crippen LogP contribution in [0, 0.1) is 0 Å². The number of nitrogens with zero attached hydrogens (tertiary/aromatic N) is 1. The lowest BCUT2D eigenvalue weighted by atomic mass is 10.2. The number of aliphatic carboxylic acids is 1. The van der Waals surface area contributed by atoms with Gasteiger partial charge < -0.3 is 5.11 Å². The summed E-state index contributed by atoms with van der Waals surface area (Å²) in [5, 5.41) is 9.87. The molecule has 0 spiro atoms. The molecule has 5 heteroatoms. The first-order valence-corrected chi connectivity index (χ1v) is 3.68. The van der Waals surface area contributed by atoms with Crippen LogP contribution in [0.25, 0.3) is 0 Å². The van der Waals surface area contributed by atoms with Gasteiger partial charge in [0.05, 0.1) is 0 Å². The molecule has 0 unspecified atom stereocenters. The fourth-order valence-electron chi connectivity index (χ4n) is 0.575. The number of hydrogen-bond donors (Lipinski definition) is 1. The van der Waals surface area contributed by atoms with Crippen molar-refractivity contribution in [2.24, 2.45) is 0 Å². The molecular formula is C6H5NO3S. The highest BCUT2D eigenvalue weighted by Gasteiger charge is 2.11. The molecular weight excluding hydrogens is 166 g/mol. The zero-order valence-corrected chi connectivity index (χ0v) is 6.30. The Morgan fingerprint density at radius 2 is 2.36 bits per heavy atom. The minimum absolute atomic E-state index is 0.0637. The molecule has 0 atom stereocenters. The average molecular weight is 171 g/mol. The Labute approximate surface area is 66.6 Å². The molecule has 0 amide bonds. The number of rotatable bonds is 3. The molecule has 0 aromatic carbocycles. The Balaban J connectivity index is 2.57. The van der Waals surface area contributed by atoms with Crippen LogP contribution < -0.4 is 0 Å². The Morgan fingerprint density at radius 1 is 1.64 bits per heavy atom. The zero-order valence-electron chi connectivity index (χ0n) is 5.48. The van der Waals surface area contributed by atoms with E-state index < -0.39 is 11.8 Å². The van der Waals surface area contributed by atoms with Crippen LogP contribution in [0.2, 0.25) is 0 Å². The predicted octanol–water partition coefficient (Wildman–Crippen LogP) is 0.339. The van der Waals surface area contributed by atoms with E-state index in [0.717, 1.165) is 0 Å². The van der Waals surface area contributed by atoms with E-state index >= 15 is 0 Å². The second kappa shape index (κ2) is 3.25. The summed E-state index contributed by atoms with van der Waals surface area (Å²) in [4.78, 5) is 20.6. The number of Topliss-reactive ketones (excluding diaryl/α,β-unsaturated/α-hetero) is 1. The highest BCUT2D eigenvalue weighted by Crippen LogP contribution is 2.02. The van der Waals surface area contributed by atoms with Crippen molar-refractivity contribution in [3.05, 3.63) is 17.1 Å². The first-order chi connectivity index (χ1) is 5.20. The van der Waals surface area contributed by atoms with Gasteiger partial charge in [-0.15, -0.1) is 0 Å². The van der Waals surface area contributed by atoms with E-state index in [1.807, 2.05) is 0 Å². The van der Waals surface area contributed by atoms with Crippen LogP contribution in [0.3, 0.4) is 0 Å². The van der Waals surface area contributed by atoms with Crippen molar-refractivity contribution < 1.29 is 14.7 Å². The number of ketones is 1. The van der Waals surface area contributed by atoms with E-state index in [-0.39, 0.29) is 6.42 Å². The second-order valence-corrected chi connectivity index (χ2v) is 2.60. The molecule has 0 aliphatic carbocycles. The Morgan fingerprint density at radius 3 is 2.82 bits per heavy atom. The number of aromatic nitrogens is 1. The maximum atomic E-state index is 10.6. The minimum atomic E-state index is -1.39. The fraction of sp³-hybridized carbons (Fsp3) is 0.167. The van der Waals surface area contributed by atoms with Gasteiger partial charge in [0.1, 0.15) is 0 Å². The van der Waals surface area contributed by atoms with E-state index in [9.17, 15) is 9.59 Å². The summed E-state index contributed by atoms with van der Waals surface area (Å²) in [7, 11) is 0. The Hall–Kier alpha value is -1.23. The van der Waals surface area contributed by atoms with E-state index in [0.29, 0.717) is 5.56 Å². The van der Waals surface area contributed by atoms with Crippen molar-refractivity contribution in [2.45, 2.75) is 6.42 Å². The lowest BCUT2D eigenvalue weighted by Crippen LogP contribution is -2.14. The molecule has 0 aliphatic heterocycles. The normalized spacial score (nSPS) is 9.45.